The van der Waals surface area contributed by atoms with Crippen LogP contribution in [-0.2, 0) is 0 Å². The highest BCUT2D eigenvalue weighted by atomic mass is 32.2. The Morgan fingerprint density at radius 2 is 2.38 bits per heavy atom. The van der Waals surface area contributed by atoms with Gasteiger partial charge < -0.3 is 0 Å². The Labute approximate surface area is 98.9 Å². The number of nitrogens with one attached hydrogen (secondary N) is 2. The molecule has 0 aliphatic heterocycles. The fraction of sp³-hybridized carbons (Fsp3) is 0.300. The second kappa shape index (κ2) is 6.84. The number of rotatable bonds is 4. The third-order valence-electron chi connectivity index (χ3n) is 1.44. The minimum absolute atomic E-state index is 0.338. The van der Waals surface area contributed by atoms with E-state index in [1.54, 1.807) is 12.3 Å². The first kappa shape index (κ1) is 12.5. The Hall–Kier alpha value is -1.56. The van der Waals surface area contributed by atoms with Gasteiger partial charge in [0.05, 0.1) is 11.9 Å². The lowest BCUT2D eigenvalue weighted by molar-refractivity contribution is 0.247. The molecule has 5 nitrogen and oxygen atoms in total. The maximum absolute atomic E-state index is 11.2. The van der Waals surface area contributed by atoms with E-state index < -0.39 is 0 Å². The summed E-state index contributed by atoms with van der Waals surface area (Å²) in [5.41, 5.74) is 3.04. The molecule has 2 amide bonds. The molecule has 0 aromatic carbocycles. The Morgan fingerprint density at radius 1 is 1.56 bits per heavy atom. The van der Waals surface area contributed by atoms with Crippen LogP contribution >= 0.6 is 11.9 Å². The quantitative estimate of drug-likeness (QED) is 0.477. The van der Waals surface area contributed by atoms with Crippen molar-refractivity contribution in [3.8, 4) is 0 Å². The first-order valence-corrected chi connectivity index (χ1v) is 5.72. The highest BCUT2D eigenvalue weighted by molar-refractivity contribution is 7.98. The second-order valence-electron chi connectivity index (χ2n) is 3.22. The summed E-state index contributed by atoms with van der Waals surface area (Å²) in [5.74, 6) is 0. The van der Waals surface area contributed by atoms with Gasteiger partial charge in [0.2, 0.25) is 0 Å². The van der Waals surface area contributed by atoms with Crippen molar-refractivity contribution < 1.29 is 4.79 Å². The third kappa shape index (κ3) is 5.35. The lowest BCUT2D eigenvalue weighted by atomic mass is 10.4. The largest absolute Gasteiger partial charge is 0.345 e. The van der Waals surface area contributed by atoms with Crippen LogP contribution in [0.5, 0.6) is 0 Å². The predicted octanol–water partition coefficient (Wildman–Crippen LogP) is 1.77. The SMILES string of the molecule is CC(C)SNC(=O)N/N=C/c1ccccn1. The lowest BCUT2D eigenvalue weighted by Gasteiger charge is -2.04. The molecule has 2 N–H and O–H groups in total. The third-order valence-corrected chi connectivity index (χ3v) is 2.21. The number of urea groups is 1. The number of nitrogens with zero attached hydrogens (tertiary/aromatic N) is 2. The first-order chi connectivity index (χ1) is 7.68. The average Bonchev–Trinajstić information content (AvgIpc) is 2.28. The van der Waals surface area contributed by atoms with Crippen molar-refractivity contribution >= 4 is 24.2 Å². The molecule has 1 heterocycles. The Morgan fingerprint density at radius 3 is 3.00 bits per heavy atom. The maximum Gasteiger partial charge on any atom is 0.345 e. The number of carbonyl (C=O) groups excluding carboxylic acids is 1. The number of amides is 2. The standard InChI is InChI=1S/C10H14N4OS/c1-8(2)16-14-10(15)13-12-7-9-5-3-4-6-11-9/h3-8H,1-2H3,(H2,13,14,15)/b12-7+. The van der Waals surface area contributed by atoms with Gasteiger partial charge in [-0.25, -0.2) is 10.2 Å². The van der Waals surface area contributed by atoms with Gasteiger partial charge in [-0.05, 0) is 24.1 Å². The number of hydrogen-bond donors (Lipinski definition) is 2. The second-order valence-corrected chi connectivity index (χ2v) is 4.61. The topological polar surface area (TPSA) is 66.4 Å². The van der Waals surface area contributed by atoms with E-state index in [9.17, 15) is 4.79 Å². The fourth-order valence-corrected chi connectivity index (χ4v) is 1.19. The highest BCUT2D eigenvalue weighted by Crippen LogP contribution is 2.02. The van der Waals surface area contributed by atoms with Crippen LogP contribution in [0.15, 0.2) is 29.5 Å². The summed E-state index contributed by atoms with van der Waals surface area (Å²) in [5, 5.41) is 4.10. The molecular formula is C10H14N4OS. The van der Waals surface area contributed by atoms with Crippen molar-refractivity contribution in [2.24, 2.45) is 5.10 Å². The number of hydrazone groups is 1. The van der Waals surface area contributed by atoms with E-state index in [1.165, 1.54) is 18.2 Å². The zero-order chi connectivity index (χ0) is 11.8. The van der Waals surface area contributed by atoms with Crippen LogP contribution in [0.25, 0.3) is 0 Å². The summed E-state index contributed by atoms with van der Waals surface area (Å²) in [6.45, 7) is 3.98. The molecule has 1 rings (SSSR count). The van der Waals surface area contributed by atoms with Crippen LogP contribution in [0.3, 0.4) is 0 Å². The minimum atomic E-state index is -0.342. The van der Waals surface area contributed by atoms with Crippen molar-refractivity contribution in [2.75, 3.05) is 0 Å². The summed E-state index contributed by atoms with van der Waals surface area (Å²) >= 11 is 1.33. The molecular weight excluding hydrogens is 224 g/mol. The van der Waals surface area contributed by atoms with Crippen LogP contribution in [0, 0.1) is 0 Å². The molecule has 6 heteroatoms. The van der Waals surface area contributed by atoms with Gasteiger partial charge in [-0.15, -0.1) is 0 Å². The van der Waals surface area contributed by atoms with Crippen LogP contribution in [0.1, 0.15) is 19.5 Å². The molecule has 0 aliphatic carbocycles. The molecule has 16 heavy (non-hydrogen) atoms. The van der Waals surface area contributed by atoms with Crippen molar-refractivity contribution in [1.82, 2.24) is 15.1 Å². The highest BCUT2D eigenvalue weighted by Gasteiger charge is 1.99. The van der Waals surface area contributed by atoms with Gasteiger partial charge in [0.1, 0.15) is 0 Å². The summed E-state index contributed by atoms with van der Waals surface area (Å²) in [6, 6.07) is 5.12. The minimum Gasteiger partial charge on any atom is -0.280 e. The van der Waals surface area contributed by atoms with Gasteiger partial charge in [-0.3, -0.25) is 9.71 Å². The molecule has 0 saturated heterocycles. The summed E-state index contributed by atoms with van der Waals surface area (Å²) in [7, 11) is 0. The molecule has 0 spiro atoms. The van der Waals surface area contributed by atoms with E-state index in [1.807, 2.05) is 26.0 Å². The van der Waals surface area contributed by atoms with Crippen LogP contribution < -0.4 is 10.1 Å². The molecule has 0 saturated carbocycles. The van der Waals surface area contributed by atoms with Gasteiger partial charge in [0.25, 0.3) is 0 Å². The number of aromatic nitrogens is 1. The van der Waals surface area contributed by atoms with Gasteiger partial charge in [0.15, 0.2) is 0 Å². The van der Waals surface area contributed by atoms with E-state index in [2.05, 4.69) is 20.2 Å². The van der Waals surface area contributed by atoms with Crippen molar-refractivity contribution in [3.63, 3.8) is 0 Å². The Bertz CT molecular complexity index is 353. The van der Waals surface area contributed by atoms with E-state index in [0.29, 0.717) is 10.9 Å². The molecule has 0 atom stereocenters. The number of pyridine rings is 1. The molecule has 1 aromatic heterocycles. The molecule has 0 unspecified atom stereocenters. The first-order valence-electron chi connectivity index (χ1n) is 4.84. The smallest absolute Gasteiger partial charge is 0.280 e. The Balaban J connectivity index is 2.29. The van der Waals surface area contributed by atoms with Gasteiger partial charge in [-0.1, -0.05) is 19.9 Å². The fourth-order valence-electron chi connectivity index (χ4n) is 0.804. The van der Waals surface area contributed by atoms with E-state index >= 15 is 0 Å². The monoisotopic (exact) mass is 238 g/mol. The van der Waals surface area contributed by atoms with Crippen molar-refractivity contribution in [1.29, 1.82) is 0 Å². The molecule has 0 fully saturated rings. The zero-order valence-corrected chi connectivity index (χ0v) is 9.99. The van der Waals surface area contributed by atoms with E-state index in [4.69, 9.17) is 0 Å². The Kier molecular flexibility index (Phi) is 5.35. The molecule has 86 valence electrons. The summed E-state index contributed by atoms with van der Waals surface area (Å²) in [4.78, 5) is 15.2. The van der Waals surface area contributed by atoms with Crippen LogP contribution in [-0.4, -0.2) is 22.5 Å². The number of carbonyl (C=O) groups is 1. The maximum atomic E-state index is 11.2. The van der Waals surface area contributed by atoms with Gasteiger partial charge >= 0.3 is 6.03 Å². The molecule has 0 bridgehead atoms. The van der Waals surface area contributed by atoms with E-state index in [0.717, 1.165) is 0 Å². The molecule has 1 aromatic rings. The van der Waals surface area contributed by atoms with Crippen LogP contribution in [0.4, 0.5) is 4.79 Å². The summed E-state index contributed by atoms with van der Waals surface area (Å²) in [6.07, 6.45) is 3.15. The molecule has 0 aliphatic rings. The van der Waals surface area contributed by atoms with Gasteiger partial charge in [0, 0.05) is 11.4 Å². The van der Waals surface area contributed by atoms with E-state index in [-0.39, 0.29) is 6.03 Å². The normalized spacial score (nSPS) is 10.7. The zero-order valence-electron chi connectivity index (χ0n) is 9.18. The predicted molar refractivity (Wildman–Crippen MR) is 66.2 cm³/mol. The van der Waals surface area contributed by atoms with Crippen molar-refractivity contribution in [2.45, 2.75) is 19.1 Å². The van der Waals surface area contributed by atoms with Gasteiger partial charge in [-0.2, -0.15) is 5.10 Å². The van der Waals surface area contributed by atoms with Crippen molar-refractivity contribution in [3.05, 3.63) is 30.1 Å². The number of hydrogen-bond acceptors (Lipinski definition) is 4. The summed E-state index contributed by atoms with van der Waals surface area (Å²) < 4.78 is 2.60. The van der Waals surface area contributed by atoms with Crippen LogP contribution in [0.2, 0.25) is 0 Å². The lowest BCUT2D eigenvalue weighted by Crippen LogP contribution is -2.28. The molecule has 0 radical (unpaired) electrons. The average molecular weight is 238 g/mol.